The summed E-state index contributed by atoms with van der Waals surface area (Å²) in [5.41, 5.74) is 0. The molecule has 0 N–H and O–H groups in total. The molecule has 6 heteroatoms. The first-order chi connectivity index (χ1) is 8.67. The van der Waals surface area contributed by atoms with Crippen LogP contribution in [0.5, 0.6) is 5.88 Å². The summed E-state index contributed by atoms with van der Waals surface area (Å²) in [4.78, 5) is 6.87. The number of thioether (sulfide) groups is 1. The van der Waals surface area contributed by atoms with Crippen molar-refractivity contribution in [1.82, 2.24) is 9.38 Å². The minimum absolute atomic E-state index is 0.205. The maximum Gasteiger partial charge on any atom is 0.252 e. The van der Waals surface area contributed by atoms with Crippen molar-refractivity contribution in [2.75, 3.05) is 6.26 Å². The van der Waals surface area contributed by atoms with E-state index in [4.69, 9.17) is 4.43 Å². The summed E-state index contributed by atoms with van der Waals surface area (Å²) in [6.07, 6.45) is 3.94. The van der Waals surface area contributed by atoms with E-state index in [-0.39, 0.29) is 5.04 Å². The highest BCUT2D eigenvalue weighted by atomic mass is 32.2. The molecular weight excluding hydrogens is 292 g/mol. The van der Waals surface area contributed by atoms with Gasteiger partial charge in [0.05, 0.1) is 4.88 Å². The van der Waals surface area contributed by atoms with Gasteiger partial charge in [0.15, 0.2) is 5.88 Å². The Morgan fingerprint density at radius 2 is 2.00 bits per heavy atom. The first-order valence-electron chi connectivity index (χ1n) is 6.37. The molecule has 2 rings (SSSR count). The van der Waals surface area contributed by atoms with E-state index in [1.54, 1.807) is 23.1 Å². The van der Waals surface area contributed by atoms with E-state index in [1.807, 2.05) is 6.33 Å². The Kier molecular flexibility index (Phi) is 3.79. The van der Waals surface area contributed by atoms with Gasteiger partial charge in [-0.2, -0.15) is 0 Å². The summed E-state index contributed by atoms with van der Waals surface area (Å²) in [5, 5.41) is 1.29. The van der Waals surface area contributed by atoms with Gasteiger partial charge < -0.3 is 4.43 Å². The standard InChI is InChI=1S/C13H22N2OS2Si/c1-9-11(16-19(6,7)13(2,3)4)15-8-14-10(17-5)12(15)18-9/h8H,1-7H3. The molecule has 0 aromatic carbocycles. The molecule has 0 radical (unpaired) electrons. The summed E-state index contributed by atoms with van der Waals surface area (Å²) in [6, 6.07) is 0. The molecule has 2 aromatic rings. The van der Waals surface area contributed by atoms with Gasteiger partial charge in [0.25, 0.3) is 8.32 Å². The van der Waals surface area contributed by atoms with Crippen molar-refractivity contribution in [2.24, 2.45) is 0 Å². The van der Waals surface area contributed by atoms with Gasteiger partial charge >= 0.3 is 0 Å². The van der Waals surface area contributed by atoms with Crippen molar-refractivity contribution >= 4 is 36.2 Å². The highest BCUT2D eigenvalue weighted by molar-refractivity contribution is 7.98. The van der Waals surface area contributed by atoms with E-state index in [9.17, 15) is 0 Å². The molecule has 0 unspecified atom stereocenters. The van der Waals surface area contributed by atoms with E-state index >= 15 is 0 Å². The highest BCUT2D eigenvalue weighted by Crippen LogP contribution is 2.41. The van der Waals surface area contributed by atoms with E-state index in [0.717, 1.165) is 10.9 Å². The number of thiazole rings is 1. The number of aromatic nitrogens is 2. The zero-order valence-corrected chi connectivity index (χ0v) is 15.3. The molecule has 0 saturated carbocycles. The monoisotopic (exact) mass is 314 g/mol. The minimum Gasteiger partial charge on any atom is -0.531 e. The number of aryl methyl sites for hydroxylation is 1. The lowest BCUT2D eigenvalue weighted by atomic mass is 10.2. The summed E-state index contributed by atoms with van der Waals surface area (Å²) in [7, 11) is -1.81. The molecule has 0 bridgehead atoms. The molecule has 0 fully saturated rings. The molecule has 0 aliphatic carbocycles. The zero-order valence-electron chi connectivity index (χ0n) is 12.7. The molecular formula is C13H22N2OS2Si. The molecule has 0 amide bonds. The quantitative estimate of drug-likeness (QED) is 0.601. The Labute approximate surface area is 124 Å². The Hall–Kier alpha value is -0.463. The third-order valence-corrected chi connectivity index (χ3v) is 10.0. The fourth-order valence-electron chi connectivity index (χ4n) is 1.57. The number of nitrogens with zero attached hydrogens (tertiary/aromatic N) is 2. The molecule has 2 heterocycles. The maximum absolute atomic E-state index is 6.47. The Morgan fingerprint density at radius 1 is 1.37 bits per heavy atom. The zero-order chi connectivity index (χ0) is 14.4. The van der Waals surface area contributed by atoms with Crippen molar-refractivity contribution < 1.29 is 4.43 Å². The van der Waals surface area contributed by atoms with Crippen LogP contribution in [-0.2, 0) is 0 Å². The number of rotatable bonds is 3. The van der Waals surface area contributed by atoms with Crippen LogP contribution in [0.2, 0.25) is 18.1 Å². The van der Waals surface area contributed by atoms with Gasteiger partial charge in [-0.05, 0) is 31.3 Å². The van der Waals surface area contributed by atoms with E-state index in [1.165, 1.54) is 9.71 Å². The van der Waals surface area contributed by atoms with E-state index in [0.29, 0.717) is 0 Å². The number of imidazole rings is 1. The third-order valence-electron chi connectivity index (χ3n) is 3.81. The van der Waals surface area contributed by atoms with Gasteiger partial charge in [-0.25, -0.2) is 4.98 Å². The molecule has 0 aliphatic rings. The van der Waals surface area contributed by atoms with Crippen LogP contribution in [0.1, 0.15) is 25.6 Å². The van der Waals surface area contributed by atoms with Crippen molar-refractivity contribution in [3.05, 3.63) is 11.2 Å². The molecule has 106 valence electrons. The molecule has 0 atom stereocenters. The molecule has 0 spiro atoms. The van der Waals surface area contributed by atoms with Crippen molar-refractivity contribution in [2.45, 2.75) is 50.9 Å². The predicted molar refractivity (Wildman–Crippen MR) is 87.4 cm³/mol. The topological polar surface area (TPSA) is 26.5 Å². The Bertz CT molecular complexity index is 596. The van der Waals surface area contributed by atoms with Crippen LogP contribution in [0.25, 0.3) is 4.83 Å². The van der Waals surface area contributed by atoms with Crippen LogP contribution < -0.4 is 4.43 Å². The van der Waals surface area contributed by atoms with Crippen LogP contribution in [0.3, 0.4) is 0 Å². The fraction of sp³-hybridized carbons (Fsp3) is 0.615. The van der Waals surface area contributed by atoms with Gasteiger partial charge in [-0.15, -0.1) is 23.1 Å². The second-order valence-corrected chi connectivity index (χ2v) is 13.0. The van der Waals surface area contributed by atoms with Crippen molar-refractivity contribution in [3.8, 4) is 5.88 Å². The summed E-state index contributed by atoms with van der Waals surface area (Å²) < 4.78 is 8.57. The first-order valence-corrected chi connectivity index (χ1v) is 11.3. The van der Waals surface area contributed by atoms with E-state index in [2.05, 4.69) is 56.4 Å². The smallest absolute Gasteiger partial charge is 0.252 e. The number of fused-ring (bicyclic) bond motifs is 1. The number of hydrogen-bond acceptors (Lipinski definition) is 4. The largest absolute Gasteiger partial charge is 0.531 e. The Balaban J connectivity index is 2.46. The lowest BCUT2D eigenvalue weighted by molar-refractivity contribution is 0.470. The average molecular weight is 315 g/mol. The van der Waals surface area contributed by atoms with Gasteiger partial charge in [0.2, 0.25) is 0 Å². The van der Waals surface area contributed by atoms with Gasteiger partial charge in [0, 0.05) is 0 Å². The van der Waals surface area contributed by atoms with Crippen LogP contribution in [0.4, 0.5) is 0 Å². The normalized spacial score (nSPS) is 13.2. The lowest BCUT2D eigenvalue weighted by Crippen LogP contribution is -2.44. The third kappa shape index (κ3) is 2.58. The molecule has 3 nitrogen and oxygen atoms in total. The summed E-state index contributed by atoms with van der Waals surface area (Å²) in [6.45, 7) is 13.5. The number of hydrogen-bond donors (Lipinski definition) is 0. The molecule has 0 aliphatic heterocycles. The highest BCUT2D eigenvalue weighted by Gasteiger charge is 2.40. The van der Waals surface area contributed by atoms with Crippen LogP contribution in [0, 0.1) is 6.92 Å². The second kappa shape index (κ2) is 4.82. The average Bonchev–Trinajstić information content (AvgIpc) is 2.78. The second-order valence-electron chi connectivity index (χ2n) is 6.25. The van der Waals surface area contributed by atoms with Crippen LogP contribution in [0.15, 0.2) is 11.4 Å². The molecule has 19 heavy (non-hydrogen) atoms. The minimum atomic E-state index is -1.81. The van der Waals surface area contributed by atoms with Crippen molar-refractivity contribution in [3.63, 3.8) is 0 Å². The lowest BCUT2D eigenvalue weighted by Gasteiger charge is -2.36. The van der Waals surface area contributed by atoms with Crippen molar-refractivity contribution in [1.29, 1.82) is 0 Å². The van der Waals surface area contributed by atoms with Gasteiger partial charge in [0.1, 0.15) is 16.2 Å². The van der Waals surface area contributed by atoms with E-state index < -0.39 is 8.32 Å². The molecule has 0 saturated heterocycles. The first kappa shape index (κ1) is 14.9. The maximum atomic E-state index is 6.47. The fourth-order valence-corrected chi connectivity index (χ4v) is 4.37. The van der Waals surface area contributed by atoms with Crippen LogP contribution >= 0.6 is 23.1 Å². The SMILES string of the molecule is CSc1ncn2c(O[Si](C)(C)C(C)(C)C)c(C)sc12. The predicted octanol–water partition coefficient (Wildman–Crippen LogP) is 4.81. The molecule has 2 aromatic heterocycles. The summed E-state index contributed by atoms with van der Waals surface area (Å²) in [5.74, 6) is 0.986. The van der Waals surface area contributed by atoms with Gasteiger partial charge in [-0.1, -0.05) is 20.8 Å². The van der Waals surface area contributed by atoms with Crippen LogP contribution in [-0.4, -0.2) is 24.0 Å². The summed E-state index contributed by atoms with van der Waals surface area (Å²) >= 11 is 3.45. The van der Waals surface area contributed by atoms with Gasteiger partial charge in [-0.3, -0.25) is 4.40 Å². The Morgan fingerprint density at radius 3 is 2.53 bits per heavy atom.